The van der Waals surface area contributed by atoms with Gasteiger partial charge in [0.15, 0.2) is 11.9 Å². The second-order valence-corrected chi connectivity index (χ2v) is 23.1. The monoisotopic (exact) mass is 1330 g/mol. The second kappa shape index (κ2) is 37.9. The number of aliphatic carboxylic acids is 2. The van der Waals surface area contributed by atoms with E-state index in [0.717, 1.165) is 0 Å². The van der Waals surface area contributed by atoms with Crippen LogP contribution in [0.25, 0.3) is 0 Å². The number of rotatable bonds is 29. The van der Waals surface area contributed by atoms with E-state index in [1.807, 2.05) is 0 Å². The number of aliphatic imine (C=N–C) groups is 2. The lowest BCUT2D eigenvalue weighted by Gasteiger charge is -2.26. The molecule has 1 aliphatic carbocycles. The Bertz CT molecular complexity index is 3130. The summed E-state index contributed by atoms with van der Waals surface area (Å²) in [6, 6.07) is 5.91. The maximum Gasteiger partial charge on any atom is 0.305 e. The zero-order valence-corrected chi connectivity index (χ0v) is 52.4. The molecule has 35 heteroatoms. The highest BCUT2D eigenvalue weighted by molar-refractivity contribution is 6.02. The van der Waals surface area contributed by atoms with Crippen LogP contribution in [0.15, 0.2) is 70.6 Å². The molecular weight excluding hydrogens is 1240 g/mol. The predicted molar refractivity (Wildman–Crippen MR) is 340 cm³/mol. The number of carbonyl (C=O) groups is 14. The molecule has 3 fully saturated rings. The van der Waals surface area contributed by atoms with Gasteiger partial charge in [0.05, 0.1) is 32.0 Å². The first-order valence-electron chi connectivity index (χ1n) is 31.2. The van der Waals surface area contributed by atoms with Gasteiger partial charge in [0.1, 0.15) is 47.8 Å². The van der Waals surface area contributed by atoms with Crippen LogP contribution in [0.3, 0.4) is 0 Å². The number of carboxylic acids is 2. The van der Waals surface area contributed by atoms with E-state index in [2.05, 4.69) is 73.8 Å². The molecule has 2 saturated heterocycles. The lowest BCUT2D eigenvalue weighted by atomic mass is 10.0. The lowest BCUT2D eigenvalue weighted by Crippen LogP contribution is -2.59. The molecule has 24 N–H and O–H groups in total. The molecule has 2 unspecified atom stereocenters. The van der Waals surface area contributed by atoms with E-state index in [9.17, 15) is 77.3 Å². The summed E-state index contributed by atoms with van der Waals surface area (Å²) in [4.78, 5) is 195. The number of guanidine groups is 2. The van der Waals surface area contributed by atoms with E-state index in [1.165, 1.54) is 0 Å². The average molecular weight is 1330 g/mol. The van der Waals surface area contributed by atoms with Crippen molar-refractivity contribution in [2.24, 2.45) is 38.7 Å². The van der Waals surface area contributed by atoms with Crippen LogP contribution in [0.1, 0.15) is 113 Å². The highest BCUT2D eigenvalue weighted by atomic mass is 16.4. The molecule has 2 aromatic rings. The lowest BCUT2D eigenvalue weighted by molar-refractivity contribution is -0.141. The first-order chi connectivity index (χ1) is 45.2. The number of carboxylic acid groups (broad SMARTS) is 2. The molecule has 2 aromatic carbocycles. The minimum Gasteiger partial charge on any atom is -0.481 e. The second-order valence-electron chi connectivity index (χ2n) is 23.1. The Kier molecular flexibility index (Phi) is 30.0. The minimum absolute atomic E-state index is 0.0250. The van der Waals surface area contributed by atoms with E-state index < -0.39 is 169 Å². The van der Waals surface area contributed by atoms with Gasteiger partial charge in [0.2, 0.25) is 70.9 Å². The summed E-state index contributed by atoms with van der Waals surface area (Å²) in [6.07, 6.45) is -1.12. The molecule has 518 valence electrons. The number of amides is 12. The summed E-state index contributed by atoms with van der Waals surface area (Å²) in [7, 11) is 0. The Morgan fingerprint density at radius 2 is 0.947 bits per heavy atom. The zero-order valence-electron chi connectivity index (χ0n) is 52.4. The Morgan fingerprint density at radius 1 is 0.516 bits per heavy atom. The van der Waals surface area contributed by atoms with Gasteiger partial charge in [-0.15, -0.1) is 0 Å². The predicted octanol–water partition coefficient (Wildman–Crippen LogP) is -6.34. The molecule has 95 heavy (non-hydrogen) atoms. The normalized spacial score (nSPS) is 23.5. The number of benzene rings is 2. The number of carbonyl (C=O) groups excluding carboxylic acids is 12. The quantitative estimate of drug-likeness (QED) is 0.0205. The van der Waals surface area contributed by atoms with Gasteiger partial charge in [0, 0.05) is 44.9 Å². The summed E-state index contributed by atoms with van der Waals surface area (Å²) in [5.41, 5.74) is 27.5. The molecule has 2 heterocycles. The van der Waals surface area contributed by atoms with Gasteiger partial charge in [0.25, 0.3) is 0 Å². The standard InChI is InChI=1S/C60H87N19O16/c61-36(49(87)67-24-10-8-17-39-52(90)74-37(19-11-25-68-58(62)63)50(88)70-31-45(81)72-42(28-47(83)84)55(93)77-41(54(92)76-39)27-33-13-3-1-4-14-33)21-22-44(80)66-23-9-7-18-40-53(91)75-38(20-12-26-69-59(64)65)51(89)71-32-46(82)73-43(29-48(85)86)56(94)79-60(57(95)78-40)30-35(60)34-15-5-2-6-16-34/h1-6,13-16,35-43H,7-12,17-32,61H2,(H,66,80)(H,67,87)(H,70,88)(H,71,89)(H,72,81)(H,73,82)(H,74,90)(H,75,91)(H,76,92)(H,77,93)(H,78,95)(H,79,94)(H,83,84)(H,85,86)(H4,62,63,68)(H4,64,65,69)/t35-,36?,37+,38+,39+,40+,41-,42+,43+,60?/m0/s1. The smallest absolute Gasteiger partial charge is 0.305 e. The molecule has 35 nitrogen and oxygen atoms in total. The van der Waals surface area contributed by atoms with E-state index >= 15 is 0 Å². The molecule has 2 aliphatic heterocycles. The molecule has 0 aromatic heterocycles. The summed E-state index contributed by atoms with van der Waals surface area (Å²) >= 11 is 0. The van der Waals surface area contributed by atoms with Crippen molar-refractivity contribution in [3.63, 3.8) is 0 Å². The van der Waals surface area contributed by atoms with Crippen LogP contribution in [0, 0.1) is 0 Å². The number of hydrogen-bond acceptors (Lipinski definition) is 17. The van der Waals surface area contributed by atoms with Gasteiger partial charge in [-0.1, -0.05) is 60.7 Å². The Morgan fingerprint density at radius 3 is 1.45 bits per heavy atom. The molecule has 10 atom stereocenters. The van der Waals surface area contributed by atoms with Crippen molar-refractivity contribution in [1.82, 2.24) is 63.8 Å². The first-order valence-corrected chi connectivity index (χ1v) is 31.2. The topological polar surface area (TPSA) is 579 Å². The van der Waals surface area contributed by atoms with Crippen LogP contribution in [0.4, 0.5) is 0 Å². The zero-order chi connectivity index (χ0) is 69.6. The largest absolute Gasteiger partial charge is 0.481 e. The van der Waals surface area contributed by atoms with Gasteiger partial charge in [-0.25, -0.2) is 0 Å². The maximum absolute atomic E-state index is 14.5. The van der Waals surface area contributed by atoms with E-state index in [1.54, 1.807) is 60.7 Å². The van der Waals surface area contributed by atoms with Crippen molar-refractivity contribution in [2.45, 2.75) is 163 Å². The van der Waals surface area contributed by atoms with Crippen LogP contribution < -0.4 is 92.5 Å². The Labute approximate surface area is 546 Å². The van der Waals surface area contributed by atoms with Gasteiger partial charge in [-0.05, 0) is 88.2 Å². The molecule has 12 amide bonds. The maximum atomic E-state index is 14.5. The SMILES string of the molecule is NC(N)=NCCC[C@H]1NC(=O)[C@@H](CCCCNC(=O)C(N)CCC(=O)NCCCC[C@H]2NC(=O)C3(C[C@H]3c3ccccc3)NC(=O)[C@@H](CC(=O)O)NC(=O)CNC(=O)[C@@H](CCCN=C(N)N)NC2=O)NC(=O)[C@H](Cc2ccccc2)NC(=O)[C@@H](CC(=O)O)NC(=O)CNC1=O. The number of nitrogens with two attached hydrogens (primary N) is 5. The molecule has 1 spiro atoms. The van der Waals surface area contributed by atoms with Crippen LogP contribution >= 0.6 is 0 Å². The van der Waals surface area contributed by atoms with Crippen molar-refractivity contribution in [3.8, 4) is 0 Å². The van der Waals surface area contributed by atoms with E-state index in [-0.39, 0.29) is 128 Å². The number of hydrogen-bond donors (Lipinski definition) is 19. The third kappa shape index (κ3) is 25.9. The third-order valence-corrected chi connectivity index (χ3v) is 15.6. The molecule has 0 bridgehead atoms. The first kappa shape index (κ1) is 75.2. The minimum atomic E-state index is -1.70. The fraction of sp³-hybridized carbons (Fsp3) is 0.533. The molecular formula is C60H87N19O16. The third-order valence-electron chi connectivity index (χ3n) is 15.6. The highest BCUT2D eigenvalue weighted by Crippen LogP contribution is 2.52. The van der Waals surface area contributed by atoms with Crippen LogP contribution in [0.5, 0.6) is 0 Å². The fourth-order valence-electron chi connectivity index (χ4n) is 10.5. The molecule has 5 rings (SSSR count). The van der Waals surface area contributed by atoms with Gasteiger partial charge >= 0.3 is 11.9 Å². The van der Waals surface area contributed by atoms with Crippen molar-refractivity contribution in [2.75, 3.05) is 39.3 Å². The Hall–Kier alpha value is -10.5. The summed E-state index contributed by atoms with van der Waals surface area (Å²) in [5, 5.41) is 49.9. The van der Waals surface area contributed by atoms with Crippen LogP contribution in [-0.4, -0.2) is 198 Å². The summed E-state index contributed by atoms with van der Waals surface area (Å²) in [6.45, 7) is -1.21. The summed E-state index contributed by atoms with van der Waals surface area (Å²) < 4.78 is 0. The van der Waals surface area contributed by atoms with Crippen molar-refractivity contribution in [3.05, 3.63) is 71.8 Å². The molecule has 1 saturated carbocycles. The van der Waals surface area contributed by atoms with Crippen LogP contribution in [0.2, 0.25) is 0 Å². The van der Waals surface area contributed by atoms with Crippen molar-refractivity contribution >= 4 is 94.7 Å². The summed E-state index contributed by atoms with van der Waals surface area (Å²) in [5.74, 6) is -13.9. The highest BCUT2D eigenvalue weighted by Gasteiger charge is 2.62. The number of unbranched alkanes of at least 4 members (excludes halogenated alkanes) is 2. The molecule has 0 radical (unpaired) electrons. The Balaban J connectivity index is 1.19. The molecule has 3 aliphatic rings. The van der Waals surface area contributed by atoms with Gasteiger partial charge in [-0.2, -0.15) is 0 Å². The van der Waals surface area contributed by atoms with Gasteiger partial charge < -0.3 is 103 Å². The van der Waals surface area contributed by atoms with Gasteiger partial charge in [-0.3, -0.25) is 77.1 Å². The van der Waals surface area contributed by atoms with E-state index in [0.29, 0.717) is 11.1 Å². The number of nitrogens with zero attached hydrogens (tertiary/aromatic N) is 2. The van der Waals surface area contributed by atoms with Crippen molar-refractivity contribution < 1.29 is 77.3 Å². The fourth-order valence-corrected chi connectivity index (χ4v) is 10.5. The average Bonchev–Trinajstić information content (AvgIpc) is 1.57. The van der Waals surface area contributed by atoms with Crippen molar-refractivity contribution in [1.29, 1.82) is 0 Å². The number of nitrogens with one attached hydrogen (secondary N) is 12. The van der Waals surface area contributed by atoms with E-state index in [4.69, 9.17) is 28.7 Å². The van der Waals surface area contributed by atoms with Crippen LogP contribution in [-0.2, 0) is 73.5 Å².